The first-order valence-electron chi connectivity index (χ1n) is 4.24. The highest BCUT2D eigenvalue weighted by atomic mass is 35.5. The predicted molar refractivity (Wildman–Crippen MR) is 65.4 cm³/mol. The second kappa shape index (κ2) is 5.78. The first-order valence-corrected chi connectivity index (χ1v) is 5.84. The molecular formula is C10H11ClN2OS. The summed E-state index contributed by atoms with van der Waals surface area (Å²) in [5.74, 6) is 0. The quantitative estimate of drug-likeness (QED) is 0.268. The topological polar surface area (TPSA) is 32.7 Å². The summed E-state index contributed by atoms with van der Waals surface area (Å²) in [6.45, 7) is 0. The number of thioether (sulfide) groups is 1. The third-order valence-electron chi connectivity index (χ3n) is 1.73. The lowest BCUT2D eigenvalue weighted by Gasteiger charge is -2.04. The van der Waals surface area contributed by atoms with E-state index >= 15 is 0 Å². The van der Waals surface area contributed by atoms with Gasteiger partial charge in [0.05, 0.1) is 12.0 Å². The Hall–Kier alpha value is -1.00. The Morgan fingerprint density at radius 3 is 2.53 bits per heavy atom. The van der Waals surface area contributed by atoms with Crippen LogP contribution in [0.3, 0.4) is 0 Å². The fraction of sp³-hybridized carbons (Fsp3) is 0.200. The highest BCUT2D eigenvalue weighted by Gasteiger charge is 1.99. The molecule has 1 aromatic carbocycles. The minimum atomic E-state index is -0.556. The number of aliphatic imine (C=N–C) groups is 1. The number of nitrogens with zero attached hydrogens (tertiary/aromatic N) is 2. The molecule has 15 heavy (non-hydrogen) atoms. The molecule has 1 rings (SSSR count). The van der Waals surface area contributed by atoms with E-state index in [0.717, 1.165) is 5.69 Å². The molecule has 0 radical (unpaired) electrons. The van der Waals surface area contributed by atoms with Crippen molar-refractivity contribution in [1.29, 1.82) is 0 Å². The van der Waals surface area contributed by atoms with Crippen molar-refractivity contribution in [3.63, 3.8) is 0 Å². The van der Waals surface area contributed by atoms with E-state index in [4.69, 9.17) is 11.6 Å². The van der Waals surface area contributed by atoms with Crippen molar-refractivity contribution in [1.82, 2.24) is 4.90 Å². The lowest BCUT2D eigenvalue weighted by Crippen LogP contribution is -2.17. The highest BCUT2D eigenvalue weighted by Crippen LogP contribution is 2.18. The standard InChI is InChI=1S/C10H11ClN2OS/c1-13(10(11)14)7-12-8-3-5-9(15-2)6-4-8/h3-7H,1-2H3. The minimum absolute atomic E-state index is 0.556. The van der Waals surface area contributed by atoms with Crippen molar-refractivity contribution >= 4 is 40.8 Å². The van der Waals surface area contributed by atoms with Gasteiger partial charge in [-0.3, -0.25) is 9.69 Å². The number of rotatable bonds is 3. The molecule has 0 saturated heterocycles. The molecule has 0 N–H and O–H groups in total. The van der Waals surface area contributed by atoms with Crippen molar-refractivity contribution in [3.05, 3.63) is 24.3 Å². The van der Waals surface area contributed by atoms with Crippen LogP contribution in [0.25, 0.3) is 0 Å². The second-order valence-electron chi connectivity index (χ2n) is 2.81. The van der Waals surface area contributed by atoms with Gasteiger partial charge in [-0.15, -0.1) is 11.8 Å². The summed E-state index contributed by atoms with van der Waals surface area (Å²) >= 11 is 6.90. The SMILES string of the molecule is CSc1ccc(N=CN(C)C(=O)Cl)cc1. The maximum absolute atomic E-state index is 10.7. The van der Waals surface area contributed by atoms with Crippen LogP contribution in [0.15, 0.2) is 34.2 Å². The second-order valence-corrected chi connectivity index (χ2v) is 4.01. The van der Waals surface area contributed by atoms with Gasteiger partial charge in [0, 0.05) is 11.9 Å². The van der Waals surface area contributed by atoms with Gasteiger partial charge in [0.1, 0.15) is 0 Å². The Kier molecular flexibility index (Phi) is 4.65. The molecule has 0 heterocycles. The summed E-state index contributed by atoms with van der Waals surface area (Å²) in [6, 6.07) is 7.71. The molecular weight excluding hydrogens is 232 g/mol. The molecule has 0 aliphatic rings. The average Bonchev–Trinajstić information content (AvgIpc) is 2.26. The number of amides is 1. The van der Waals surface area contributed by atoms with Gasteiger partial charge in [-0.05, 0) is 42.1 Å². The summed E-state index contributed by atoms with van der Waals surface area (Å²) in [5, 5.41) is -0.556. The Morgan fingerprint density at radius 2 is 2.07 bits per heavy atom. The third kappa shape index (κ3) is 3.93. The van der Waals surface area contributed by atoms with Gasteiger partial charge in [-0.1, -0.05) is 0 Å². The largest absolute Gasteiger partial charge is 0.321 e. The molecule has 0 aliphatic carbocycles. The van der Waals surface area contributed by atoms with E-state index in [1.165, 1.54) is 16.1 Å². The molecule has 0 aliphatic heterocycles. The molecule has 0 spiro atoms. The molecule has 0 atom stereocenters. The smallest absolute Gasteiger partial charge is 0.292 e. The van der Waals surface area contributed by atoms with Crippen molar-refractivity contribution in [3.8, 4) is 0 Å². The molecule has 0 fully saturated rings. The Bertz CT molecular complexity index is 364. The number of hydrogen-bond acceptors (Lipinski definition) is 3. The van der Waals surface area contributed by atoms with Crippen LogP contribution in [0, 0.1) is 0 Å². The van der Waals surface area contributed by atoms with Crippen molar-refractivity contribution < 1.29 is 4.79 Å². The van der Waals surface area contributed by atoms with Gasteiger partial charge in [-0.2, -0.15) is 0 Å². The van der Waals surface area contributed by atoms with Gasteiger partial charge in [-0.25, -0.2) is 4.99 Å². The summed E-state index contributed by atoms with van der Waals surface area (Å²) in [6.07, 6.45) is 3.40. The van der Waals surface area contributed by atoms with Crippen LogP contribution in [-0.4, -0.2) is 29.9 Å². The van der Waals surface area contributed by atoms with Gasteiger partial charge in [0.15, 0.2) is 0 Å². The maximum Gasteiger partial charge on any atom is 0.321 e. The summed E-state index contributed by atoms with van der Waals surface area (Å²) in [7, 11) is 1.55. The van der Waals surface area contributed by atoms with Crippen molar-refractivity contribution in [2.24, 2.45) is 4.99 Å². The molecule has 5 heteroatoms. The first-order chi connectivity index (χ1) is 7.13. The molecule has 0 saturated carbocycles. The van der Waals surface area contributed by atoms with Crippen molar-refractivity contribution in [2.45, 2.75) is 4.90 Å². The fourth-order valence-corrected chi connectivity index (χ4v) is 1.32. The van der Waals surface area contributed by atoms with E-state index in [1.54, 1.807) is 18.8 Å². The highest BCUT2D eigenvalue weighted by molar-refractivity contribution is 7.98. The summed E-state index contributed by atoms with van der Waals surface area (Å²) in [4.78, 5) is 17.1. The van der Waals surface area contributed by atoms with E-state index in [1.807, 2.05) is 30.5 Å². The predicted octanol–water partition coefficient (Wildman–Crippen LogP) is 3.36. The summed E-state index contributed by atoms with van der Waals surface area (Å²) < 4.78 is 0. The minimum Gasteiger partial charge on any atom is -0.292 e. The van der Waals surface area contributed by atoms with Crippen LogP contribution in [0.5, 0.6) is 0 Å². The van der Waals surface area contributed by atoms with E-state index in [9.17, 15) is 4.79 Å². The molecule has 80 valence electrons. The van der Waals surface area contributed by atoms with Crippen LogP contribution >= 0.6 is 23.4 Å². The number of hydrogen-bond donors (Lipinski definition) is 0. The fourth-order valence-electron chi connectivity index (χ4n) is 0.867. The van der Waals surface area contributed by atoms with Gasteiger partial charge < -0.3 is 0 Å². The normalized spacial score (nSPS) is 10.6. The molecule has 0 bridgehead atoms. The zero-order valence-corrected chi connectivity index (χ0v) is 10.0. The van der Waals surface area contributed by atoms with Crippen LogP contribution in [0.2, 0.25) is 0 Å². The van der Waals surface area contributed by atoms with Crippen LogP contribution in [0.1, 0.15) is 0 Å². The van der Waals surface area contributed by atoms with E-state index < -0.39 is 5.37 Å². The van der Waals surface area contributed by atoms with E-state index in [-0.39, 0.29) is 0 Å². The van der Waals surface area contributed by atoms with Gasteiger partial charge in [0.25, 0.3) is 0 Å². The third-order valence-corrected chi connectivity index (χ3v) is 2.74. The summed E-state index contributed by atoms with van der Waals surface area (Å²) in [5.41, 5.74) is 0.789. The number of carbonyl (C=O) groups is 1. The molecule has 0 unspecified atom stereocenters. The zero-order valence-electron chi connectivity index (χ0n) is 8.48. The number of carbonyl (C=O) groups excluding carboxylic acids is 1. The maximum atomic E-state index is 10.7. The Balaban J connectivity index is 2.68. The number of benzene rings is 1. The Labute approximate surface area is 98.1 Å². The van der Waals surface area contributed by atoms with Crippen molar-refractivity contribution in [2.75, 3.05) is 13.3 Å². The molecule has 3 nitrogen and oxygen atoms in total. The number of halogens is 1. The molecule has 1 amide bonds. The lowest BCUT2D eigenvalue weighted by atomic mass is 10.3. The monoisotopic (exact) mass is 242 g/mol. The molecule has 0 aromatic heterocycles. The van der Waals surface area contributed by atoms with Gasteiger partial charge in [0.2, 0.25) is 0 Å². The lowest BCUT2D eigenvalue weighted by molar-refractivity contribution is 0.248. The van der Waals surface area contributed by atoms with E-state index in [0.29, 0.717) is 0 Å². The van der Waals surface area contributed by atoms with Crippen LogP contribution < -0.4 is 0 Å². The van der Waals surface area contributed by atoms with Crippen LogP contribution in [0.4, 0.5) is 10.5 Å². The first kappa shape index (κ1) is 12.1. The van der Waals surface area contributed by atoms with Crippen LogP contribution in [-0.2, 0) is 0 Å². The zero-order chi connectivity index (χ0) is 11.3. The molecule has 1 aromatic rings. The van der Waals surface area contributed by atoms with E-state index in [2.05, 4.69) is 4.99 Å². The average molecular weight is 243 g/mol. The van der Waals surface area contributed by atoms with Gasteiger partial charge >= 0.3 is 5.37 Å². The Morgan fingerprint density at radius 1 is 1.47 bits per heavy atom.